The second kappa shape index (κ2) is 11.5. The summed E-state index contributed by atoms with van der Waals surface area (Å²) < 4.78 is 17.8. The zero-order chi connectivity index (χ0) is 27.2. The number of carbonyl (C=O) groups excluding carboxylic acids is 1. The van der Waals surface area contributed by atoms with E-state index in [-0.39, 0.29) is 15.8 Å². The molecule has 0 fully saturated rings. The van der Waals surface area contributed by atoms with Gasteiger partial charge in [0.1, 0.15) is 16.5 Å². The first-order chi connectivity index (χ1) is 18.4. The van der Waals surface area contributed by atoms with Crippen LogP contribution in [0.1, 0.15) is 11.1 Å². The van der Waals surface area contributed by atoms with Crippen LogP contribution < -0.4 is 34.3 Å². The van der Waals surface area contributed by atoms with Gasteiger partial charge in [-0.1, -0.05) is 24.3 Å². The van der Waals surface area contributed by atoms with Gasteiger partial charge in [-0.3, -0.25) is 14.2 Å². The van der Waals surface area contributed by atoms with E-state index in [2.05, 4.69) is 5.32 Å². The molecule has 0 bridgehead atoms. The molecule has 0 saturated carbocycles. The van der Waals surface area contributed by atoms with Crippen molar-refractivity contribution in [3.63, 3.8) is 0 Å². The number of para-hydroxylation sites is 1. The van der Waals surface area contributed by atoms with E-state index in [1.165, 1.54) is 11.7 Å². The Kier molecular flexibility index (Phi) is 7.94. The minimum atomic E-state index is -0.608. The van der Waals surface area contributed by atoms with Gasteiger partial charge in [-0.2, -0.15) is 5.26 Å². The molecule has 8 nitrogen and oxygen atoms in total. The molecule has 9 heteroatoms. The number of thiazole rings is 1. The SMILES string of the molecule is COc1ccc(-n2c(=O)/c(=C\c3ccc(OC)c(OC)c3)s/c2=C(/C#N)C(=O)Nc2ccccc2C)cc1. The largest absolute Gasteiger partial charge is 0.497 e. The number of aromatic nitrogens is 1. The van der Waals surface area contributed by atoms with E-state index in [1.54, 1.807) is 74.9 Å². The smallest absolute Gasteiger partial charge is 0.273 e. The van der Waals surface area contributed by atoms with Crippen molar-refractivity contribution >= 4 is 34.6 Å². The highest BCUT2D eigenvalue weighted by Crippen LogP contribution is 2.27. The molecule has 38 heavy (non-hydrogen) atoms. The third kappa shape index (κ3) is 5.31. The number of amides is 1. The zero-order valence-corrected chi connectivity index (χ0v) is 22.1. The molecule has 3 aromatic carbocycles. The number of methoxy groups -OCH3 is 3. The molecule has 1 aromatic heterocycles. The predicted molar refractivity (Wildman–Crippen MR) is 148 cm³/mol. The summed E-state index contributed by atoms with van der Waals surface area (Å²) in [7, 11) is 4.62. The Morgan fingerprint density at radius 3 is 2.32 bits per heavy atom. The van der Waals surface area contributed by atoms with E-state index in [9.17, 15) is 14.9 Å². The predicted octanol–water partition coefficient (Wildman–Crippen LogP) is 3.38. The Labute approximate surface area is 223 Å². The van der Waals surface area contributed by atoms with Crippen molar-refractivity contribution in [3.8, 4) is 29.0 Å². The fourth-order valence-corrected chi connectivity index (χ4v) is 4.91. The van der Waals surface area contributed by atoms with Gasteiger partial charge in [0.2, 0.25) is 0 Å². The van der Waals surface area contributed by atoms with Crippen LogP contribution in [0, 0.1) is 18.3 Å². The van der Waals surface area contributed by atoms with Gasteiger partial charge in [0.25, 0.3) is 11.5 Å². The standard InChI is InChI=1S/C29H25N3O5S/c1-18-7-5-6-8-23(18)31-27(33)22(17-30)29-32(20-10-12-21(35-2)13-11-20)28(34)26(38-29)16-19-9-14-24(36-3)25(15-19)37-4/h5-16H,1-4H3,(H,31,33)/b26-16+,29-22-. The molecule has 0 aliphatic heterocycles. The third-order valence-corrected chi connectivity index (χ3v) is 6.90. The lowest BCUT2D eigenvalue weighted by Gasteiger charge is -2.08. The summed E-state index contributed by atoms with van der Waals surface area (Å²) in [6, 6.07) is 21.4. The summed E-state index contributed by atoms with van der Waals surface area (Å²) in [6.45, 7) is 1.86. The van der Waals surface area contributed by atoms with E-state index in [0.717, 1.165) is 16.9 Å². The van der Waals surface area contributed by atoms with Crippen LogP contribution in [-0.4, -0.2) is 31.8 Å². The lowest BCUT2D eigenvalue weighted by molar-refractivity contribution is -0.111. The van der Waals surface area contributed by atoms with Crippen molar-refractivity contribution in [2.45, 2.75) is 6.92 Å². The zero-order valence-electron chi connectivity index (χ0n) is 21.3. The van der Waals surface area contributed by atoms with E-state index in [1.807, 2.05) is 25.1 Å². The van der Waals surface area contributed by atoms with E-state index < -0.39 is 5.91 Å². The molecule has 4 aromatic rings. The van der Waals surface area contributed by atoms with Gasteiger partial charge in [-0.05, 0) is 66.6 Å². The number of rotatable bonds is 7. The number of hydrogen-bond donors (Lipinski definition) is 1. The van der Waals surface area contributed by atoms with Crippen molar-refractivity contribution in [2.75, 3.05) is 26.6 Å². The van der Waals surface area contributed by atoms with Crippen molar-refractivity contribution in [1.82, 2.24) is 4.57 Å². The molecule has 1 heterocycles. The van der Waals surface area contributed by atoms with Crippen LogP contribution in [0.5, 0.6) is 17.2 Å². The van der Waals surface area contributed by atoms with E-state index in [0.29, 0.717) is 38.7 Å². The molecule has 0 spiro atoms. The summed E-state index contributed by atoms with van der Waals surface area (Å²) in [5.41, 5.74) is 2.05. The second-order valence-electron chi connectivity index (χ2n) is 8.12. The summed E-state index contributed by atoms with van der Waals surface area (Å²) in [5, 5.41) is 12.8. The Bertz CT molecular complexity index is 1710. The van der Waals surface area contributed by atoms with Gasteiger partial charge < -0.3 is 19.5 Å². The summed E-state index contributed by atoms with van der Waals surface area (Å²) in [4.78, 5) is 27.0. The number of nitrogens with zero attached hydrogens (tertiary/aromatic N) is 2. The summed E-state index contributed by atoms with van der Waals surface area (Å²) >= 11 is 1.06. The topological polar surface area (TPSA) is 103 Å². The average molecular weight is 528 g/mol. The molecule has 0 aliphatic rings. The first-order valence-corrected chi connectivity index (χ1v) is 12.3. The minimum absolute atomic E-state index is 0.182. The molecule has 192 valence electrons. The van der Waals surface area contributed by atoms with Crippen molar-refractivity contribution < 1.29 is 19.0 Å². The lowest BCUT2D eigenvalue weighted by atomic mass is 10.2. The highest BCUT2D eigenvalue weighted by Gasteiger charge is 2.18. The Morgan fingerprint density at radius 2 is 1.68 bits per heavy atom. The Hall–Kier alpha value is -4.81. The van der Waals surface area contributed by atoms with E-state index in [4.69, 9.17) is 14.2 Å². The van der Waals surface area contributed by atoms with Gasteiger partial charge in [0.15, 0.2) is 17.1 Å². The molecule has 1 amide bonds. The van der Waals surface area contributed by atoms with Gasteiger partial charge in [0, 0.05) is 5.69 Å². The number of ether oxygens (including phenoxy) is 3. The van der Waals surface area contributed by atoms with Crippen LogP contribution >= 0.6 is 11.3 Å². The molecule has 4 rings (SSSR count). The Morgan fingerprint density at radius 1 is 0.974 bits per heavy atom. The number of anilines is 1. The number of nitrogens with one attached hydrogen (secondary N) is 1. The molecule has 1 N–H and O–H groups in total. The summed E-state index contributed by atoms with van der Waals surface area (Å²) in [5.74, 6) is 1.07. The van der Waals surface area contributed by atoms with Crippen LogP contribution in [0.25, 0.3) is 17.3 Å². The maximum atomic E-state index is 13.7. The number of nitriles is 1. The van der Waals surface area contributed by atoms with Crippen LogP contribution in [0.15, 0.2) is 71.5 Å². The fourth-order valence-electron chi connectivity index (χ4n) is 3.80. The molecular weight excluding hydrogens is 502 g/mol. The average Bonchev–Trinajstić information content (AvgIpc) is 3.25. The lowest BCUT2D eigenvalue weighted by Crippen LogP contribution is -2.32. The molecule has 0 radical (unpaired) electrons. The first-order valence-electron chi connectivity index (χ1n) is 11.5. The van der Waals surface area contributed by atoms with E-state index >= 15 is 0 Å². The van der Waals surface area contributed by atoms with Crippen LogP contribution in [0.4, 0.5) is 5.69 Å². The second-order valence-corrected chi connectivity index (χ2v) is 9.16. The van der Waals surface area contributed by atoms with Crippen LogP contribution in [-0.2, 0) is 4.79 Å². The quantitative estimate of drug-likeness (QED) is 0.395. The van der Waals surface area contributed by atoms with Crippen molar-refractivity contribution in [2.24, 2.45) is 0 Å². The van der Waals surface area contributed by atoms with Gasteiger partial charge in [-0.25, -0.2) is 0 Å². The normalized spacial score (nSPS) is 11.9. The van der Waals surface area contributed by atoms with Gasteiger partial charge in [0.05, 0.1) is 31.5 Å². The van der Waals surface area contributed by atoms with Crippen LogP contribution in [0.3, 0.4) is 0 Å². The number of hydrogen-bond acceptors (Lipinski definition) is 7. The maximum Gasteiger partial charge on any atom is 0.273 e. The van der Waals surface area contributed by atoms with Gasteiger partial charge in [-0.15, -0.1) is 11.3 Å². The molecular formula is C29H25N3O5S. The monoisotopic (exact) mass is 527 g/mol. The number of aryl methyl sites for hydroxylation is 1. The highest BCUT2D eigenvalue weighted by atomic mass is 32.1. The fraction of sp³-hybridized carbons (Fsp3) is 0.138. The maximum absolute atomic E-state index is 13.7. The summed E-state index contributed by atoms with van der Waals surface area (Å²) in [6.07, 6.45) is 1.69. The van der Waals surface area contributed by atoms with Crippen molar-refractivity contribution in [3.05, 3.63) is 97.4 Å². The Balaban J connectivity index is 1.96. The molecule has 0 aliphatic carbocycles. The number of carbonyl (C=O) groups is 1. The molecule has 0 atom stereocenters. The first kappa shape index (κ1) is 26.3. The van der Waals surface area contributed by atoms with Gasteiger partial charge >= 0.3 is 0 Å². The minimum Gasteiger partial charge on any atom is -0.497 e. The van der Waals surface area contributed by atoms with Crippen LogP contribution in [0.2, 0.25) is 0 Å². The highest BCUT2D eigenvalue weighted by molar-refractivity contribution is 7.07. The van der Waals surface area contributed by atoms with Crippen molar-refractivity contribution in [1.29, 1.82) is 5.26 Å². The third-order valence-electron chi connectivity index (χ3n) is 5.81. The molecule has 0 unspecified atom stereocenters. The number of benzene rings is 3. The molecule has 0 saturated heterocycles.